The van der Waals surface area contributed by atoms with Crippen molar-refractivity contribution in [3.8, 4) is 28.0 Å². The molecular weight excluding hydrogens is 418 g/mol. The van der Waals surface area contributed by atoms with E-state index in [0.29, 0.717) is 40.5 Å². The van der Waals surface area contributed by atoms with Crippen LogP contribution in [0.25, 0.3) is 21.7 Å². The van der Waals surface area contributed by atoms with Crippen LogP contribution in [0, 0.1) is 0 Å². The Morgan fingerprint density at radius 1 is 1.26 bits per heavy atom. The Labute approximate surface area is 181 Å². The molecule has 3 N–H and O–H groups in total. The molecule has 6 heterocycles. The Kier molecular flexibility index (Phi) is 4.30. The molecule has 4 aromatic rings. The average Bonchev–Trinajstić information content (AvgIpc) is 3.45. The summed E-state index contributed by atoms with van der Waals surface area (Å²) in [5.41, 5.74) is 2.46. The average molecular weight is 437 g/mol. The molecule has 3 aliphatic rings. The lowest BCUT2D eigenvalue weighted by Gasteiger charge is -2.47. The van der Waals surface area contributed by atoms with Gasteiger partial charge >= 0.3 is 0 Å². The monoisotopic (exact) mass is 437 g/mol. The number of hydrogen-bond acceptors (Lipinski definition) is 10. The lowest BCUT2D eigenvalue weighted by atomic mass is 9.92. The molecule has 3 aromatic heterocycles. The number of piperazine rings is 1. The molecule has 158 valence electrons. The number of oxazole rings is 1. The molecule has 2 atom stereocenters. The van der Waals surface area contributed by atoms with Gasteiger partial charge in [-0.25, -0.2) is 9.97 Å². The highest BCUT2D eigenvalue weighted by atomic mass is 32.1. The molecule has 0 saturated carbocycles. The molecular formula is C21H19N5O4S. The van der Waals surface area contributed by atoms with Gasteiger partial charge in [-0.3, -0.25) is 0 Å². The summed E-state index contributed by atoms with van der Waals surface area (Å²) in [5.74, 6) is 0.299. The lowest BCUT2D eigenvalue weighted by molar-refractivity contribution is 0.220. The summed E-state index contributed by atoms with van der Waals surface area (Å²) < 4.78 is 12.1. The first kappa shape index (κ1) is 18.6. The zero-order valence-electron chi connectivity index (χ0n) is 16.4. The van der Waals surface area contributed by atoms with E-state index in [1.165, 1.54) is 30.0 Å². The molecule has 7 rings (SSSR count). The Balaban J connectivity index is 1.43. The Morgan fingerprint density at radius 3 is 2.81 bits per heavy atom. The number of nitrogens with one attached hydrogen (secondary N) is 1. The molecule has 0 radical (unpaired) electrons. The van der Waals surface area contributed by atoms with E-state index in [2.05, 4.69) is 20.2 Å². The molecule has 10 heteroatoms. The van der Waals surface area contributed by atoms with Crippen molar-refractivity contribution in [3.63, 3.8) is 0 Å². The maximum atomic E-state index is 10.2. The summed E-state index contributed by atoms with van der Waals surface area (Å²) in [5, 5.41) is 25.7. The zero-order valence-corrected chi connectivity index (χ0v) is 17.2. The van der Waals surface area contributed by atoms with Crippen LogP contribution in [0.15, 0.2) is 40.4 Å². The minimum Gasteiger partial charge on any atom is -0.503 e. The smallest absolute Gasteiger partial charge is 0.298 e. The number of aromatic nitrogens is 3. The van der Waals surface area contributed by atoms with E-state index >= 15 is 0 Å². The van der Waals surface area contributed by atoms with Crippen LogP contribution in [-0.4, -0.2) is 50.3 Å². The van der Waals surface area contributed by atoms with Gasteiger partial charge in [-0.05, 0) is 30.2 Å². The minimum absolute atomic E-state index is 0.0356. The molecule has 3 saturated heterocycles. The van der Waals surface area contributed by atoms with Crippen LogP contribution in [0.3, 0.4) is 0 Å². The highest BCUT2D eigenvalue weighted by Crippen LogP contribution is 2.40. The first-order chi connectivity index (χ1) is 15.2. The topological polar surface area (TPSA) is 117 Å². The van der Waals surface area contributed by atoms with Crippen molar-refractivity contribution >= 4 is 28.5 Å². The van der Waals surface area contributed by atoms with Crippen LogP contribution in [0.5, 0.6) is 17.4 Å². The van der Waals surface area contributed by atoms with Gasteiger partial charge in [0.05, 0.1) is 12.2 Å². The maximum Gasteiger partial charge on any atom is 0.298 e. The van der Waals surface area contributed by atoms with E-state index < -0.39 is 0 Å². The van der Waals surface area contributed by atoms with E-state index in [4.69, 9.17) is 14.1 Å². The summed E-state index contributed by atoms with van der Waals surface area (Å²) in [6.07, 6.45) is 4.39. The van der Waals surface area contributed by atoms with Crippen LogP contribution in [0.4, 0.5) is 6.01 Å². The van der Waals surface area contributed by atoms with Crippen molar-refractivity contribution in [2.24, 2.45) is 0 Å². The van der Waals surface area contributed by atoms with Crippen LogP contribution in [0.2, 0.25) is 0 Å². The number of thiazole rings is 1. The van der Waals surface area contributed by atoms with Gasteiger partial charge in [0.2, 0.25) is 0 Å². The first-order valence-electron chi connectivity index (χ1n) is 9.99. The van der Waals surface area contributed by atoms with Gasteiger partial charge < -0.3 is 29.6 Å². The second-order valence-corrected chi connectivity index (χ2v) is 8.65. The number of nitrogens with zero attached hydrogens (tertiary/aromatic N) is 4. The number of pyridine rings is 1. The predicted octanol–water partition coefficient (Wildman–Crippen LogP) is 2.89. The second kappa shape index (κ2) is 7.19. The third-order valence-corrected chi connectivity index (χ3v) is 6.43. The van der Waals surface area contributed by atoms with Gasteiger partial charge in [0.1, 0.15) is 5.01 Å². The zero-order chi connectivity index (χ0) is 20.9. The number of aliphatic hydroxyl groups is 1. The van der Waals surface area contributed by atoms with E-state index in [9.17, 15) is 10.2 Å². The Morgan fingerprint density at radius 2 is 2.10 bits per heavy atom. The van der Waals surface area contributed by atoms with Gasteiger partial charge in [0.15, 0.2) is 22.6 Å². The standard InChI is InChI=1S/C21H19N5O4S/c27-10-11-5-15(28)19(23-7-11)29-16-2-1-14(20-22-3-4-31-20)18-17(16)25-21(30-18)26-8-12-6-13(9-26)24-12/h1-5,7,12-13,24,27-28H,6,8-10H2. The normalized spacial score (nSPS) is 20.1. The third kappa shape index (κ3) is 3.19. The van der Waals surface area contributed by atoms with Gasteiger partial charge in [0, 0.05) is 42.9 Å². The fraction of sp³-hybridized carbons (Fsp3) is 0.286. The van der Waals surface area contributed by atoms with Crippen LogP contribution >= 0.6 is 11.3 Å². The Hall–Kier alpha value is -3.21. The number of aromatic hydroxyl groups is 1. The van der Waals surface area contributed by atoms with Gasteiger partial charge in [-0.15, -0.1) is 11.3 Å². The van der Waals surface area contributed by atoms with Crippen molar-refractivity contribution < 1.29 is 19.4 Å². The van der Waals surface area contributed by atoms with Crippen LogP contribution < -0.4 is 15.0 Å². The number of fused-ring (bicyclic) bond motifs is 3. The maximum absolute atomic E-state index is 10.2. The second-order valence-electron chi connectivity index (χ2n) is 7.75. The number of ether oxygens (including phenoxy) is 1. The van der Waals surface area contributed by atoms with Crippen molar-refractivity contribution in [1.29, 1.82) is 0 Å². The highest BCUT2D eigenvalue weighted by Gasteiger charge is 2.38. The number of rotatable bonds is 5. The SMILES string of the molecule is OCc1cnc(Oc2ccc(-c3nccs3)c3oc(N4CC5CC(C4)N5)nc23)c(O)c1. The summed E-state index contributed by atoms with van der Waals surface area (Å²) >= 11 is 1.52. The number of anilines is 1. The third-order valence-electron chi connectivity index (χ3n) is 5.63. The summed E-state index contributed by atoms with van der Waals surface area (Å²) in [7, 11) is 0. The van der Waals surface area contributed by atoms with Gasteiger partial charge in [-0.1, -0.05) is 0 Å². The quantitative estimate of drug-likeness (QED) is 0.433. The van der Waals surface area contributed by atoms with Crippen molar-refractivity contribution in [3.05, 3.63) is 41.5 Å². The minimum atomic E-state index is -0.215. The molecule has 3 aliphatic heterocycles. The number of benzene rings is 1. The van der Waals surface area contributed by atoms with Crippen LogP contribution in [-0.2, 0) is 6.61 Å². The summed E-state index contributed by atoms with van der Waals surface area (Å²) in [4.78, 5) is 15.4. The van der Waals surface area contributed by atoms with Crippen molar-refractivity contribution in [1.82, 2.24) is 20.3 Å². The van der Waals surface area contributed by atoms with Crippen molar-refractivity contribution in [2.45, 2.75) is 25.1 Å². The van der Waals surface area contributed by atoms with E-state index in [-0.39, 0.29) is 18.2 Å². The molecule has 0 spiro atoms. The van der Waals surface area contributed by atoms with Crippen LogP contribution in [0.1, 0.15) is 12.0 Å². The number of aliphatic hydroxyl groups excluding tert-OH is 1. The largest absolute Gasteiger partial charge is 0.503 e. The Bertz CT molecular complexity index is 1240. The summed E-state index contributed by atoms with van der Waals surface area (Å²) in [6.45, 7) is 1.47. The molecule has 1 aromatic carbocycles. The molecule has 9 nitrogen and oxygen atoms in total. The number of piperidine rings is 1. The fourth-order valence-electron chi connectivity index (χ4n) is 4.14. The number of hydrogen-bond donors (Lipinski definition) is 3. The first-order valence-corrected chi connectivity index (χ1v) is 10.9. The predicted molar refractivity (Wildman–Crippen MR) is 115 cm³/mol. The summed E-state index contributed by atoms with van der Waals surface area (Å²) in [6, 6.07) is 6.56. The molecule has 0 aliphatic carbocycles. The molecule has 31 heavy (non-hydrogen) atoms. The van der Waals surface area contributed by atoms with E-state index in [1.807, 2.05) is 11.4 Å². The van der Waals surface area contributed by atoms with Gasteiger partial charge in [-0.2, -0.15) is 4.98 Å². The highest BCUT2D eigenvalue weighted by molar-refractivity contribution is 7.13. The lowest BCUT2D eigenvalue weighted by Crippen LogP contribution is -2.67. The van der Waals surface area contributed by atoms with E-state index in [0.717, 1.165) is 23.7 Å². The molecule has 2 unspecified atom stereocenters. The van der Waals surface area contributed by atoms with E-state index in [1.54, 1.807) is 12.3 Å². The van der Waals surface area contributed by atoms with Gasteiger partial charge in [0.25, 0.3) is 11.9 Å². The van der Waals surface area contributed by atoms with Crippen molar-refractivity contribution in [2.75, 3.05) is 18.0 Å². The fourth-order valence-corrected chi connectivity index (χ4v) is 4.80. The molecule has 2 bridgehead atoms. The molecule has 3 fully saturated rings. The molecule has 0 amide bonds.